The lowest BCUT2D eigenvalue weighted by Crippen LogP contribution is -2.44. The van der Waals surface area contributed by atoms with E-state index >= 15 is 0 Å². The summed E-state index contributed by atoms with van der Waals surface area (Å²) in [5.41, 5.74) is 0. The molecule has 0 saturated carbocycles. The highest BCUT2D eigenvalue weighted by Crippen LogP contribution is 2.10. The summed E-state index contributed by atoms with van der Waals surface area (Å²) < 4.78 is 0. The second-order valence-corrected chi connectivity index (χ2v) is 6.08. The average Bonchev–Trinajstić information content (AvgIpc) is 2.49. The number of carbonyl (C=O) groups excluding carboxylic acids is 4. The van der Waals surface area contributed by atoms with Crippen LogP contribution in [0.5, 0.6) is 0 Å². The molecule has 0 saturated heterocycles. The predicted octanol–water partition coefficient (Wildman–Crippen LogP) is -1.09. The molecule has 9 nitrogen and oxygen atoms in total. The van der Waals surface area contributed by atoms with Crippen molar-refractivity contribution in [2.75, 3.05) is 19.3 Å². The van der Waals surface area contributed by atoms with Gasteiger partial charge in [-0.15, -0.1) is 0 Å². The number of thioether (sulfide) groups is 1. The summed E-state index contributed by atoms with van der Waals surface area (Å²) in [5, 5.41) is 15.2. The van der Waals surface area contributed by atoms with E-state index in [1.165, 1.54) is 13.8 Å². The van der Waals surface area contributed by atoms with Crippen LogP contribution in [0.4, 0.5) is 0 Å². The van der Waals surface area contributed by atoms with Gasteiger partial charge in [0, 0.05) is 13.0 Å². The molecule has 3 amide bonds. The van der Waals surface area contributed by atoms with Gasteiger partial charge in [0.2, 0.25) is 17.7 Å². The molecule has 0 aliphatic heterocycles. The Morgan fingerprint density at radius 3 is 2.21 bits per heavy atom. The van der Waals surface area contributed by atoms with Crippen molar-refractivity contribution in [3.8, 4) is 0 Å². The SMILES string of the molecule is CSC(CC(=O)O)C(=O)NCCC(=O)NCC(=O)NC(C)C(C)=O. The molecule has 0 bridgehead atoms. The van der Waals surface area contributed by atoms with Crippen LogP contribution < -0.4 is 16.0 Å². The first-order chi connectivity index (χ1) is 11.2. The number of rotatable bonds is 11. The Morgan fingerprint density at radius 1 is 1.08 bits per heavy atom. The van der Waals surface area contributed by atoms with E-state index in [0.717, 1.165) is 11.8 Å². The zero-order valence-electron chi connectivity index (χ0n) is 13.9. The fourth-order valence-corrected chi connectivity index (χ4v) is 2.12. The van der Waals surface area contributed by atoms with E-state index in [1.807, 2.05) is 0 Å². The van der Waals surface area contributed by atoms with E-state index < -0.39 is 35.0 Å². The van der Waals surface area contributed by atoms with Crippen molar-refractivity contribution in [2.24, 2.45) is 0 Å². The van der Waals surface area contributed by atoms with Gasteiger partial charge in [-0.2, -0.15) is 11.8 Å². The van der Waals surface area contributed by atoms with E-state index in [0.29, 0.717) is 0 Å². The Bertz CT molecular complexity index is 497. The number of aliphatic carboxylic acids is 1. The number of carboxylic acids is 1. The molecular weight excluding hydrogens is 338 g/mol. The van der Waals surface area contributed by atoms with Crippen LogP contribution in [0.3, 0.4) is 0 Å². The highest BCUT2D eigenvalue weighted by Gasteiger charge is 2.20. The number of carboxylic acid groups (broad SMARTS) is 1. The molecule has 0 radical (unpaired) electrons. The van der Waals surface area contributed by atoms with Gasteiger partial charge in [-0.1, -0.05) is 0 Å². The molecule has 2 unspecified atom stereocenters. The van der Waals surface area contributed by atoms with Gasteiger partial charge in [-0.05, 0) is 20.1 Å². The molecular formula is C14H23N3O6S. The van der Waals surface area contributed by atoms with Crippen molar-refractivity contribution >= 4 is 41.2 Å². The van der Waals surface area contributed by atoms with E-state index in [-0.39, 0.29) is 31.7 Å². The van der Waals surface area contributed by atoms with Crippen LogP contribution in [0.2, 0.25) is 0 Å². The van der Waals surface area contributed by atoms with Crippen molar-refractivity contribution in [3.63, 3.8) is 0 Å². The average molecular weight is 361 g/mol. The molecule has 0 aliphatic rings. The summed E-state index contributed by atoms with van der Waals surface area (Å²) in [6.07, 6.45) is 1.28. The summed E-state index contributed by atoms with van der Waals surface area (Å²) in [5.74, 6) is -2.65. The molecule has 10 heteroatoms. The number of ketones is 1. The number of carbonyl (C=O) groups is 5. The number of hydrogen-bond acceptors (Lipinski definition) is 6. The molecule has 0 fully saturated rings. The smallest absolute Gasteiger partial charge is 0.305 e. The van der Waals surface area contributed by atoms with Crippen molar-refractivity contribution in [2.45, 2.75) is 38.0 Å². The number of amides is 3. The molecule has 0 heterocycles. The Morgan fingerprint density at radius 2 is 1.71 bits per heavy atom. The van der Waals surface area contributed by atoms with Crippen LogP contribution in [0, 0.1) is 0 Å². The number of Topliss-reactive ketones (excluding diaryl/α,β-unsaturated/α-hetero) is 1. The topological polar surface area (TPSA) is 142 Å². The molecule has 136 valence electrons. The van der Waals surface area contributed by atoms with Crippen molar-refractivity contribution in [1.82, 2.24) is 16.0 Å². The molecule has 4 N–H and O–H groups in total. The largest absolute Gasteiger partial charge is 0.481 e. The summed E-state index contributed by atoms with van der Waals surface area (Å²) in [4.78, 5) is 56.3. The summed E-state index contributed by atoms with van der Waals surface area (Å²) >= 11 is 1.11. The van der Waals surface area contributed by atoms with Crippen LogP contribution in [0.25, 0.3) is 0 Å². The minimum atomic E-state index is -1.08. The minimum absolute atomic E-state index is 0.0345. The van der Waals surface area contributed by atoms with Crippen LogP contribution in [-0.2, 0) is 24.0 Å². The van der Waals surface area contributed by atoms with E-state index in [1.54, 1.807) is 6.26 Å². The third-order valence-corrected chi connectivity index (χ3v) is 3.97. The van der Waals surface area contributed by atoms with Gasteiger partial charge in [0.15, 0.2) is 5.78 Å². The lowest BCUT2D eigenvalue weighted by molar-refractivity contribution is -0.138. The highest BCUT2D eigenvalue weighted by molar-refractivity contribution is 7.99. The molecule has 0 rings (SSSR count). The maximum atomic E-state index is 11.7. The monoisotopic (exact) mass is 361 g/mol. The zero-order valence-corrected chi connectivity index (χ0v) is 14.7. The lowest BCUT2D eigenvalue weighted by atomic mass is 10.2. The van der Waals surface area contributed by atoms with Crippen molar-refractivity contribution in [1.29, 1.82) is 0 Å². The van der Waals surface area contributed by atoms with Gasteiger partial charge in [0.1, 0.15) is 0 Å². The minimum Gasteiger partial charge on any atom is -0.481 e. The van der Waals surface area contributed by atoms with Crippen LogP contribution in [0.1, 0.15) is 26.7 Å². The van der Waals surface area contributed by atoms with Gasteiger partial charge >= 0.3 is 5.97 Å². The molecule has 0 aromatic carbocycles. The fourth-order valence-electron chi connectivity index (χ4n) is 1.52. The van der Waals surface area contributed by atoms with E-state index in [2.05, 4.69) is 16.0 Å². The van der Waals surface area contributed by atoms with Crippen molar-refractivity contribution < 1.29 is 29.1 Å². The summed E-state index contributed by atoms with van der Waals surface area (Å²) in [6, 6.07) is -0.619. The zero-order chi connectivity index (χ0) is 18.7. The first-order valence-electron chi connectivity index (χ1n) is 7.26. The second kappa shape index (κ2) is 11.4. The standard InChI is InChI=1S/C14H23N3O6S/c1-8(9(2)18)17-12(20)7-16-11(19)4-5-15-14(23)10(24-3)6-13(21)22/h8,10H,4-7H2,1-3H3,(H,15,23)(H,16,19)(H,17,20)(H,21,22). The van der Waals surface area contributed by atoms with Gasteiger partial charge in [-0.25, -0.2) is 0 Å². The first-order valence-corrected chi connectivity index (χ1v) is 8.55. The molecule has 24 heavy (non-hydrogen) atoms. The lowest BCUT2D eigenvalue weighted by Gasteiger charge is -2.13. The second-order valence-electron chi connectivity index (χ2n) is 5.04. The van der Waals surface area contributed by atoms with Gasteiger partial charge in [-0.3, -0.25) is 24.0 Å². The van der Waals surface area contributed by atoms with E-state index in [4.69, 9.17) is 5.11 Å². The first kappa shape index (κ1) is 21.9. The summed E-state index contributed by atoms with van der Waals surface area (Å²) in [6.45, 7) is 2.65. The maximum absolute atomic E-state index is 11.7. The normalized spacial score (nSPS) is 12.6. The van der Waals surface area contributed by atoms with E-state index in [9.17, 15) is 24.0 Å². The fraction of sp³-hybridized carbons (Fsp3) is 0.643. The summed E-state index contributed by atoms with van der Waals surface area (Å²) in [7, 11) is 0. The molecule has 0 aromatic rings. The van der Waals surface area contributed by atoms with Crippen LogP contribution >= 0.6 is 11.8 Å². The Labute approximate surface area is 144 Å². The third-order valence-electron chi connectivity index (χ3n) is 3.02. The highest BCUT2D eigenvalue weighted by atomic mass is 32.2. The molecule has 2 atom stereocenters. The quantitative estimate of drug-likeness (QED) is 0.366. The Kier molecular flexibility index (Phi) is 10.4. The van der Waals surface area contributed by atoms with Gasteiger partial charge < -0.3 is 21.1 Å². The molecule has 0 spiro atoms. The number of nitrogens with one attached hydrogen (secondary N) is 3. The Hall–Kier alpha value is -2.10. The Balaban J connectivity index is 4.01. The van der Waals surface area contributed by atoms with Gasteiger partial charge in [0.05, 0.1) is 24.3 Å². The van der Waals surface area contributed by atoms with Gasteiger partial charge in [0.25, 0.3) is 0 Å². The maximum Gasteiger partial charge on any atom is 0.305 e. The third kappa shape index (κ3) is 9.82. The molecule has 0 aliphatic carbocycles. The van der Waals surface area contributed by atoms with Crippen molar-refractivity contribution in [3.05, 3.63) is 0 Å². The molecule has 0 aromatic heterocycles. The number of hydrogen-bond donors (Lipinski definition) is 4. The predicted molar refractivity (Wildman–Crippen MR) is 88.5 cm³/mol. The van der Waals surface area contributed by atoms with Crippen LogP contribution in [-0.4, -0.2) is 65.2 Å². The van der Waals surface area contributed by atoms with Crippen LogP contribution in [0.15, 0.2) is 0 Å².